The molecule has 60 heavy (non-hydrogen) atoms. The second-order valence-electron chi connectivity index (χ2n) is 13.2. The number of carbonyl (C=O) groups is 6. The highest BCUT2D eigenvalue weighted by Crippen LogP contribution is 2.58. The molecule has 0 saturated carbocycles. The summed E-state index contributed by atoms with van der Waals surface area (Å²) in [5.41, 5.74) is 3.83. The molecule has 9 rings (SSSR count). The Bertz CT molecular complexity index is 2590. The number of likely N-dealkylation sites (N-methyl/N-ethyl adjacent to an activating group) is 1. The summed E-state index contributed by atoms with van der Waals surface area (Å²) in [6, 6.07) is 46.9. The molecule has 0 unspecified atom stereocenters. The number of para-hydroxylation sites is 2. The monoisotopic (exact) mass is 926 g/mol. The molecule has 6 aromatic rings. The molecule has 0 aromatic heterocycles. The zero-order valence-corrected chi connectivity index (χ0v) is 35.4. The number of nitrogens with one attached hydrogen (secondary N) is 1. The third-order valence-corrected chi connectivity index (χ3v) is 11.0. The van der Waals surface area contributed by atoms with Crippen molar-refractivity contribution in [2.75, 3.05) is 24.4 Å². The van der Waals surface area contributed by atoms with Crippen molar-refractivity contribution < 1.29 is 38.6 Å². The average Bonchev–Trinajstić information content (AvgIpc) is 3.71. The fourth-order valence-corrected chi connectivity index (χ4v) is 7.92. The number of halogens is 2. The SMILES string of the molecule is CN1C(=O)[C@@]2(OC(c3ccccc3)=C2C(=O)c2ccccc2)c2cccc(Br)c21.CO.O=C(CC(=O)c1ccccc1)c1ccccc1.O=C1Nc2c(Br)cccc2C1=O. The summed E-state index contributed by atoms with van der Waals surface area (Å²) in [5.74, 6) is -1.32. The van der Waals surface area contributed by atoms with E-state index in [-0.39, 0.29) is 29.7 Å². The van der Waals surface area contributed by atoms with Crippen LogP contribution >= 0.6 is 31.9 Å². The number of ketones is 4. The summed E-state index contributed by atoms with van der Waals surface area (Å²) in [5, 5.41) is 9.48. The van der Waals surface area contributed by atoms with E-state index < -0.39 is 17.3 Å². The number of amides is 2. The number of benzene rings is 6. The Hall–Kier alpha value is -6.60. The van der Waals surface area contributed by atoms with Crippen LogP contribution in [0, 0.1) is 0 Å². The zero-order chi connectivity index (χ0) is 43.0. The van der Waals surface area contributed by atoms with Crippen molar-refractivity contribution in [3.05, 3.63) is 206 Å². The number of aliphatic hydroxyl groups is 1. The first-order valence-corrected chi connectivity index (χ1v) is 20.0. The van der Waals surface area contributed by atoms with Crippen molar-refractivity contribution in [3.63, 3.8) is 0 Å². The van der Waals surface area contributed by atoms with Crippen molar-refractivity contribution in [1.29, 1.82) is 0 Å². The molecule has 3 heterocycles. The van der Waals surface area contributed by atoms with Gasteiger partial charge < -0.3 is 20.1 Å². The average molecular weight is 929 g/mol. The van der Waals surface area contributed by atoms with Gasteiger partial charge >= 0.3 is 0 Å². The van der Waals surface area contributed by atoms with Crippen molar-refractivity contribution in [2.24, 2.45) is 0 Å². The second-order valence-corrected chi connectivity index (χ2v) is 15.0. The van der Waals surface area contributed by atoms with Crippen LogP contribution < -0.4 is 10.2 Å². The lowest BCUT2D eigenvalue weighted by Crippen LogP contribution is -2.50. The Kier molecular flexibility index (Phi) is 13.6. The highest BCUT2D eigenvalue weighted by Gasteiger charge is 2.64. The summed E-state index contributed by atoms with van der Waals surface area (Å²) in [6.45, 7) is 0. The number of fused-ring (bicyclic) bond motifs is 3. The van der Waals surface area contributed by atoms with Crippen LogP contribution in [0.25, 0.3) is 5.76 Å². The molecule has 0 aliphatic carbocycles. The van der Waals surface area contributed by atoms with Crippen LogP contribution in [-0.4, -0.2) is 54.2 Å². The highest BCUT2D eigenvalue weighted by molar-refractivity contribution is 9.11. The molecular formula is C48H36Br2N2O8. The topological polar surface area (TPSA) is 147 Å². The van der Waals surface area contributed by atoms with E-state index in [1.54, 1.807) is 90.8 Å². The molecule has 3 aliphatic heterocycles. The van der Waals surface area contributed by atoms with E-state index in [4.69, 9.17) is 9.84 Å². The molecule has 3 aliphatic rings. The van der Waals surface area contributed by atoms with E-state index in [1.807, 2.05) is 78.9 Å². The van der Waals surface area contributed by atoms with Gasteiger partial charge in [0.15, 0.2) is 17.3 Å². The fourth-order valence-electron chi connectivity index (χ4n) is 6.82. The van der Waals surface area contributed by atoms with E-state index in [1.165, 1.54) is 0 Å². The molecule has 2 N–H and O–H groups in total. The van der Waals surface area contributed by atoms with Crippen LogP contribution in [0.4, 0.5) is 11.4 Å². The second kappa shape index (κ2) is 19.0. The zero-order valence-electron chi connectivity index (χ0n) is 32.2. The van der Waals surface area contributed by atoms with Crippen molar-refractivity contribution in [1.82, 2.24) is 0 Å². The summed E-state index contributed by atoms with van der Waals surface area (Å²) in [7, 11) is 2.70. The van der Waals surface area contributed by atoms with E-state index in [9.17, 15) is 28.8 Å². The highest BCUT2D eigenvalue weighted by atomic mass is 79.9. The molecule has 12 heteroatoms. The molecule has 0 saturated heterocycles. The van der Waals surface area contributed by atoms with Crippen LogP contribution in [0.1, 0.15) is 59.0 Å². The van der Waals surface area contributed by atoms with Gasteiger partial charge in [-0.15, -0.1) is 0 Å². The van der Waals surface area contributed by atoms with Gasteiger partial charge in [0.25, 0.3) is 17.6 Å². The Morgan fingerprint density at radius 1 is 0.633 bits per heavy atom. The van der Waals surface area contributed by atoms with Crippen LogP contribution in [0.15, 0.2) is 172 Å². The minimum atomic E-state index is -1.42. The maximum atomic E-state index is 13.6. The lowest BCUT2D eigenvalue weighted by molar-refractivity contribution is -0.134. The number of hydrogen-bond acceptors (Lipinski definition) is 8. The van der Waals surface area contributed by atoms with Gasteiger partial charge in [0.1, 0.15) is 11.3 Å². The van der Waals surface area contributed by atoms with Gasteiger partial charge in [-0.25, -0.2) is 0 Å². The quantitative estimate of drug-likeness (QED) is 0.0916. The molecular weight excluding hydrogens is 892 g/mol. The normalized spacial score (nSPS) is 15.3. The van der Waals surface area contributed by atoms with Gasteiger partial charge in [0.05, 0.1) is 23.4 Å². The molecule has 2 amide bonds. The number of carbonyl (C=O) groups excluding carboxylic acids is 6. The van der Waals surface area contributed by atoms with Crippen LogP contribution in [0.2, 0.25) is 0 Å². The predicted octanol–water partition coefficient (Wildman–Crippen LogP) is 9.28. The van der Waals surface area contributed by atoms with Crippen molar-refractivity contribution in [2.45, 2.75) is 12.0 Å². The van der Waals surface area contributed by atoms with Crippen molar-refractivity contribution in [3.8, 4) is 0 Å². The van der Waals surface area contributed by atoms with Gasteiger partial charge in [-0.05, 0) is 50.1 Å². The fraction of sp³-hybridized carbons (Fsp3) is 0.0833. The lowest BCUT2D eigenvalue weighted by atomic mass is 9.76. The number of aliphatic hydroxyl groups excluding tert-OH is 1. The number of rotatable bonds is 7. The lowest BCUT2D eigenvalue weighted by Gasteiger charge is -2.41. The van der Waals surface area contributed by atoms with E-state index in [0.717, 1.165) is 27.3 Å². The Morgan fingerprint density at radius 2 is 1.12 bits per heavy atom. The number of ether oxygens (including phenoxy) is 1. The first-order valence-electron chi connectivity index (χ1n) is 18.4. The first kappa shape index (κ1) is 43.0. The van der Waals surface area contributed by atoms with Crippen LogP contribution in [0.3, 0.4) is 0 Å². The summed E-state index contributed by atoms with van der Waals surface area (Å²) < 4.78 is 7.76. The molecule has 10 nitrogen and oxygen atoms in total. The number of nitrogens with zero attached hydrogens (tertiary/aromatic N) is 1. The van der Waals surface area contributed by atoms with Gasteiger partial charge in [-0.1, -0.05) is 140 Å². The summed E-state index contributed by atoms with van der Waals surface area (Å²) in [6.07, 6.45) is -0.0754. The molecule has 300 valence electrons. The first-order chi connectivity index (χ1) is 29.0. The molecule has 1 spiro atoms. The number of Topliss-reactive ketones (excluding diaryl/α,β-unsaturated/α-hetero) is 4. The van der Waals surface area contributed by atoms with Gasteiger partial charge in [-0.3, -0.25) is 28.8 Å². The molecule has 6 aromatic carbocycles. The largest absolute Gasteiger partial charge is 0.466 e. The van der Waals surface area contributed by atoms with E-state index in [0.29, 0.717) is 44.8 Å². The molecule has 0 fully saturated rings. The molecule has 1 atom stereocenters. The Balaban J connectivity index is 0.000000164. The molecule has 0 bridgehead atoms. The van der Waals surface area contributed by atoms with Crippen LogP contribution in [-0.2, 0) is 19.9 Å². The van der Waals surface area contributed by atoms with E-state index in [2.05, 4.69) is 37.2 Å². The smallest absolute Gasteiger partial charge is 0.296 e. The minimum Gasteiger partial charge on any atom is -0.466 e. The maximum Gasteiger partial charge on any atom is 0.296 e. The van der Waals surface area contributed by atoms with Crippen LogP contribution in [0.5, 0.6) is 0 Å². The number of anilines is 2. The standard InChI is InChI=1S/C24H16BrNO3.C15H12O2.C8H4BrNO2.CH4O/c1-26-20-17(13-8-14-18(20)25)24(23(26)28)19(21(27)15-9-4-2-5-10-15)22(29-24)16-11-6-3-7-12-16;16-14(12-7-3-1-4-8-12)11-15(17)13-9-5-2-6-10-13;9-5-3-1-2-4-6(5)10-8(12)7(4)11;1-2/h2-14H,1H3;1-10H,11H2;1-3H,(H,10,11,12);2H,1H3/t24-;;;/m1.../s1. The van der Waals surface area contributed by atoms with Gasteiger partial charge in [0.2, 0.25) is 5.60 Å². The summed E-state index contributed by atoms with van der Waals surface area (Å²) >= 11 is 6.77. The minimum absolute atomic E-state index is 0.0754. The third kappa shape index (κ3) is 8.44. The van der Waals surface area contributed by atoms with Gasteiger partial charge in [-0.2, -0.15) is 0 Å². The van der Waals surface area contributed by atoms with Gasteiger partial charge in [0, 0.05) is 50.9 Å². The number of hydrogen-bond donors (Lipinski definition) is 2. The predicted molar refractivity (Wildman–Crippen MR) is 236 cm³/mol. The maximum absolute atomic E-state index is 13.6. The Labute approximate surface area is 362 Å². The van der Waals surface area contributed by atoms with E-state index >= 15 is 0 Å². The summed E-state index contributed by atoms with van der Waals surface area (Å²) in [4.78, 5) is 74.2. The third-order valence-electron chi connectivity index (χ3n) is 9.66. The Morgan fingerprint density at radius 3 is 1.65 bits per heavy atom. The van der Waals surface area contributed by atoms with Crippen molar-refractivity contribution >= 4 is 83.9 Å². The molecule has 0 radical (unpaired) electrons.